The molecule has 0 saturated carbocycles. The number of carbonyl (C=O) groups is 6. The molecule has 4 atom stereocenters. The maximum Gasteiger partial charge on any atom is 0.411 e. The van der Waals surface area contributed by atoms with E-state index in [9.17, 15) is 33.9 Å². The standard InChI is InChI=1S/C38H53N5O9/c1-8-51-36(49)29(21-27-14-16-28(44)17-15-27)41-33(46)25(4)40-32(45)23-39-34(47)30(22-26-12-10-9-11-13-26)42-18-19-43(37(50)52-38(5,6)7)31(35(42)48)20-24(2)3/h9-17,24-25,29-31,44H,8,18-23H2,1-7H3,(H,39,47)(H,40,45)(H,41,46)/t25-,29+,30-,31-/m1/s1. The van der Waals surface area contributed by atoms with Gasteiger partial charge in [0.15, 0.2) is 0 Å². The molecule has 1 saturated heterocycles. The van der Waals surface area contributed by atoms with Crippen LogP contribution in [0, 0.1) is 5.92 Å². The molecule has 284 valence electrons. The molecule has 1 heterocycles. The minimum absolute atomic E-state index is 0.0537. The summed E-state index contributed by atoms with van der Waals surface area (Å²) < 4.78 is 10.7. The summed E-state index contributed by atoms with van der Waals surface area (Å²) >= 11 is 0. The average Bonchev–Trinajstić information content (AvgIpc) is 3.07. The number of nitrogens with one attached hydrogen (secondary N) is 3. The van der Waals surface area contributed by atoms with E-state index in [1.165, 1.54) is 28.9 Å². The molecule has 14 nitrogen and oxygen atoms in total. The lowest BCUT2D eigenvalue weighted by molar-refractivity contribution is -0.149. The number of benzene rings is 2. The van der Waals surface area contributed by atoms with E-state index >= 15 is 0 Å². The number of aromatic hydroxyl groups is 1. The molecule has 0 unspecified atom stereocenters. The molecule has 2 aromatic rings. The van der Waals surface area contributed by atoms with Gasteiger partial charge >= 0.3 is 12.1 Å². The van der Waals surface area contributed by atoms with Gasteiger partial charge in [-0.1, -0.05) is 56.3 Å². The molecular weight excluding hydrogens is 670 g/mol. The molecular formula is C38H53N5O9. The van der Waals surface area contributed by atoms with Crippen LogP contribution in [0.5, 0.6) is 5.75 Å². The van der Waals surface area contributed by atoms with E-state index in [0.29, 0.717) is 12.0 Å². The summed E-state index contributed by atoms with van der Waals surface area (Å²) in [6.07, 6.45) is 0.0186. The molecule has 0 aromatic heterocycles. The number of rotatable bonds is 15. The smallest absolute Gasteiger partial charge is 0.411 e. The number of nitrogens with zero attached hydrogens (tertiary/aromatic N) is 2. The van der Waals surface area contributed by atoms with Gasteiger partial charge in [0.25, 0.3) is 0 Å². The van der Waals surface area contributed by atoms with Gasteiger partial charge in [0.05, 0.1) is 13.2 Å². The van der Waals surface area contributed by atoms with E-state index in [4.69, 9.17) is 9.47 Å². The Balaban J connectivity index is 1.70. The molecule has 0 aliphatic carbocycles. The van der Waals surface area contributed by atoms with Crippen LogP contribution < -0.4 is 16.0 Å². The topological polar surface area (TPSA) is 184 Å². The van der Waals surface area contributed by atoms with Crippen molar-refractivity contribution in [2.45, 2.75) is 97.5 Å². The molecule has 52 heavy (non-hydrogen) atoms. The first kappa shape index (κ1) is 41.3. The minimum atomic E-state index is -1.08. The number of piperazine rings is 1. The fraction of sp³-hybridized carbons (Fsp3) is 0.526. The third-order valence-electron chi connectivity index (χ3n) is 8.26. The quantitative estimate of drug-likeness (QED) is 0.201. The number of hydrogen-bond donors (Lipinski definition) is 4. The third-order valence-corrected chi connectivity index (χ3v) is 8.26. The van der Waals surface area contributed by atoms with Crippen molar-refractivity contribution >= 4 is 35.7 Å². The van der Waals surface area contributed by atoms with Gasteiger partial charge in [0, 0.05) is 25.9 Å². The third kappa shape index (κ3) is 12.6. The molecule has 0 bridgehead atoms. The van der Waals surface area contributed by atoms with Crippen molar-refractivity contribution in [2.75, 3.05) is 26.2 Å². The summed E-state index contributed by atoms with van der Waals surface area (Å²) in [5, 5.41) is 17.3. The normalized spacial score (nSPS) is 16.4. The van der Waals surface area contributed by atoms with Gasteiger partial charge in [0.2, 0.25) is 23.6 Å². The number of ether oxygens (including phenoxy) is 2. The number of phenolic OH excluding ortho intramolecular Hbond substituents is 1. The highest BCUT2D eigenvalue weighted by molar-refractivity contribution is 5.95. The Morgan fingerprint density at radius 3 is 2.12 bits per heavy atom. The van der Waals surface area contributed by atoms with E-state index in [1.807, 2.05) is 44.2 Å². The molecule has 4 N–H and O–H groups in total. The lowest BCUT2D eigenvalue weighted by Gasteiger charge is -2.44. The van der Waals surface area contributed by atoms with Gasteiger partial charge in [0.1, 0.15) is 35.5 Å². The summed E-state index contributed by atoms with van der Waals surface area (Å²) in [6.45, 7) is 12.1. The van der Waals surface area contributed by atoms with E-state index in [1.54, 1.807) is 39.8 Å². The second-order valence-electron chi connectivity index (χ2n) is 14.2. The van der Waals surface area contributed by atoms with Crippen molar-refractivity contribution in [1.29, 1.82) is 0 Å². The first-order valence-electron chi connectivity index (χ1n) is 17.6. The van der Waals surface area contributed by atoms with Crippen LogP contribution in [-0.4, -0.2) is 107 Å². The zero-order chi connectivity index (χ0) is 38.6. The molecule has 1 aliphatic rings. The van der Waals surface area contributed by atoms with Crippen molar-refractivity contribution in [1.82, 2.24) is 25.8 Å². The zero-order valence-electron chi connectivity index (χ0n) is 31.1. The fourth-order valence-electron chi connectivity index (χ4n) is 5.75. The van der Waals surface area contributed by atoms with E-state index in [2.05, 4.69) is 16.0 Å². The van der Waals surface area contributed by atoms with Crippen LogP contribution in [0.3, 0.4) is 0 Å². The maximum absolute atomic E-state index is 14.1. The van der Waals surface area contributed by atoms with Gasteiger partial charge < -0.3 is 35.4 Å². The Morgan fingerprint density at radius 1 is 0.885 bits per heavy atom. The average molecular weight is 724 g/mol. The molecule has 14 heteroatoms. The predicted octanol–water partition coefficient (Wildman–Crippen LogP) is 2.71. The van der Waals surface area contributed by atoms with Crippen molar-refractivity contribution in [3.63, 3.8) is 0 Å². The number of carbonyl (C=O) groups excluding carboxylic acids is 6. The van der Waals surface area contributed by atoms with Gasteiger partial charge in [-0.25, -0.2) is 9.59 Å². The monoisotopic (exact) mass is 723 g/mol. The Labute approximate surface area is 305 Å². The van der Waals surface area contributed by atoms with Crippen LogP contribution in [0.1, 0.15) is 66.0 Å². The van der Waals surface area contributed by atoms with Crippen molar-refractivity contribution in [2.24, 2.45) is 5.92 Å². The number of amides is 5. The van der Waals surface area contributed by atoms with Crippen LogP contribution >= 0.6 is 0 Å². The van der Waals surface area contributed by atoms with E-state index < -0.39 is 66.1 Å². The highest BCUT2D eigenvalue weighted by Gasteiger charge is 2.43. The second kappa shape index (κ2) is 18.9. The van der Waals surface area contributed by atoms with Crippen molar-refractivity contribution in [3.05, 3.63) is 65.7 Å². The number of hydrogen-bond acceptors (Lipinski definition) is 9. The van der Waals surface area contributed by atoms with Gasteiger partial charge in [-0.3, -0.25) is 24.1 Å². The summed E-state index contributed by atoms with van der Waals surface area (Å²) in [4.78, 5) is 82.5. The molecule has 5 amide bonds. The molecule has 2 aromatic carbocycles. The fourth-order valence-corrected chi connectivity index (χ4v) is 5.75. The summed E-state index contributed by atoms with van der Waals surface area (Å²) in [5.74, 6) is -2.82. The first-order chi connectivity index (χ1) is 24.5. The molecule has 1 fully saturated rings. The van der Waals surface area contributed by atoms with Crippen LogP contribution in [0.2, 0.25) is 0 Å². The molecule has 3 rings (SSSR count). The maximum atomic E-state index is 14.1. The van der Waals surface area contributed by atoms with Gasteiger partial charge in [-0.2, -0.15) is 0 Å². The largest absolute Gasteiger partial charge is 0.508 e. The summed E-state index contributed by atoms with van der Waals surface area (Å²) in [7, 11) is 0. The summed E-state index contributed by atoms with van der Waals surface area (Å²) in [6, 6.07) is 11.4. The Morgan fingerprint density at radius 2 is 1.52 bits per heavy atom. The minimum Gasteiger partial charge on any atom is -0.508 e. The number of esters is 1. The van der Waals surface area contributed by atoms with Crippen LogP contribution in [0.25, 0.3) is 0 Å². The lowest BCUT2D eigenvalue weighted by Crippen LogP contribution is -2.64. The predicted molar refractivity (Wildman–Crippen MR) is 193 cm³/mol. The Kier molecular flexibility index (Phi) is 15.0. The summed E-state index contributed by atoms with van der Waals surface area (Å²) in [5.41, 5.74) is 0.703. The van der Waals surface area contributed by atoms with Gasteiger partial charge in [-0.15, -0.1) is 0 Å². The van der Waals surface area contributed by atoms with E-state index in [0.717, 1.165) is 5.56 Å². The van der Waals surface area contributed by atoms with Crippen LogP contribution in [0.4, 0.5) is 4.79 Å². The van der Waals surface area contributed by atoms with E-state index in [-0.39, 0.29) is 50.1 Å². The highest BCUT2D eigenvalue weighted by atomic mass is 16.6. The highest BCUT2D eigenvalue weighted by Crippen LogP contribution is 2.24. The molecule has 0 spiro atoms. The Bertz CT molecular complexity index is 1540. The van der Waals surface area contributed by atoms with Crippen molar-refractivity contribution < 1.29 is 43.3 Å². The van der Waals surface area contributed by atoms with Gasteiger partial charge in [-0.05, 0) is 70.2 Å². The van der Waals surface area contributed by atoms with Crippen molar-refractivity contribution in [3.8, 4) is 5.75 Å². The zero-order valence-corrected chi connectivity index (χ0v) is 31.1. The first-order valence-corrected chi connectivity index (χ1v) is 17.6. The lowest BCUT2D eigenvalue weighted by atomic mass is 9.96. The molecule has 1 aliphatic heterocycles. The SMILES string of the molecule is CCOC(=O)[C@H](Cc1ccc(O)cc1)NC(=O)[C@@H](C)NC(=O)CNC(=O)[C@@H](Cc1ccccc1)N1CCN(C(=O)OC(C)(C)C)[C@H](CC(C)C)C1=O. The van der Waals surface area contributed by atoms with Crippen LogP contribution in [0.15, 0.2) is 54.6 Å². The second-order valence-corrected chi connectivity index (χ2v) is 14.2. The molecule has 0 radical (unpaired) electrons. The number of phenols is 1. The Hall–Kier alpha value is -5.14. The van der Waals surface area contributed by atoms with Crippen LogP contribution in [-0.2, 0) is 46.3 Å².